The van der Waals surface area contributed by atoms with Gasteiger partial charge in [0.05, 0.1) is 6.61 Å². The number of carbonyl (C=O) groups excluding carboxylic acids is 1. The molecule has 2 aromatic carbocycles. The molecule has 2 aliphatic rings. The summed E-state index contributed by atoms with van der Waals surface area (Å²) in [5.74, 6) is 1.44. The van der Waals surface area contributed by atoms with Crippen LogP contribution in [0, 0.1) is 11.7 Å². The number of fused-ring (bicyclic) bond motifs is 1. The topological polar surface area (TPSA) is 58.6 Å². The van der Waals surface area contributed by atoms with Gasteiger partial charge < -0.3 is 14.5 Å². The Hall–Kier alpha value is -3.48. The van der Waals surface area contributed by atoms with Crippen molar-refractivity contribution in [1.29, 1.82) is 0 Å². The number of ether oxygens (including phenoxy) is 1. The fraction of sp³-hybridized carbons (Fsp3) is 0.393. The fourth-order valence-corrected chi connectivity index (χ4v) is 5.11. The van der Waals surface area contributed by atoms with Gasteiger partial charge in [-0.15, -0.1) is 0 Å². The van der Waals surface area contributed by atoms with E-state index in [0.717, 1.165) is 61.5 Å². The van der Waals surface area contributed by atoms with E-state index >= 15 is 4.39 Å². The predicted octanol–water partition coefficient (Wildman–Crippen LogP) is 4.97. The number of rotatable bonds is 7. The van der Waals surface area contributed by atoms with Gasteiger partial charge in [-0.1, -0.05) is 31.2 Å². The monoisotopic (exact) mass is 474 g/mol. The van der Waals surface area contributed by atoms with Crippen LogP contribution in [-0.2, 0) is 11.2 Å². The number of halogens is 1. The molecular formula is C28H31FN4O2. The van der Waals surface area contributed by atoms with Crippen molar-refractivity contribution in [3.63, 3.8) is 0 Å². The van der Waals surface area contributed by atoms with Crippen LogP contribution < -0.4 is 14.5 Å². The highest BCUT2D eigenvalue weighted by atomic mass is 19.1. The first-order valence-electron chi connectivity index (χ1n) is 12.4. The van der Waals surface area contributed by atoms with E-state index in [0.29, 0.717) is 36.8 Å². The van der Waals surface area contributed by atoms with Gasteiger partial charge in [-0.3, -0.25) is 4.79 Å². The number of hydrogen-bond acceptors (Lipinski definition) is 5. The molecule has 3 aromatic rings. The van der Waals surface area contributed by atoms with Crippen LogP contribution in [-0.4, -0.2) is 42.6 Å². The van der Waals surface area contributed by atoms with Crippen LogP contribution >= 0.6 is 0 Å². The van der Waals surface area contributed by atoms with E-state index in [4.69, 9.17) is 4.74 Å². The quantitative estimate of drug-likeness (QED) is 0.453. The zero-order valence-electron chi connectivity index (χ0n) is 20.1. The third-order valence-electron chi connectivity index (χ3n) is 7.24. The first kappa shape index (κ1) is 23.3. The molecule has 1 atom stereocenters. The Balaban J connectivity index is 1.18. The third kappa shape index (κ3) is 4.99. The number of carbonyl (C=O) groups is 1. The lowest BCUT2D eigenvalue weighted by molar-refractivity contribution is -0.107. The minimum Gasteiger partial charge on any atom is -0.493 e. The number of aromatic nitrogens is 2. The zero-order valence-corrected chi connectivity index (χ0v) is 20.1. The summed E-state index contributed by atoms with van der Waals surface area (Å²) in [6.07, 6.45) is 8.27. The normalized spacial score (nSPS) is 18.3. The number of amides is 1. The molecule has 35 heavy (non-hydrogen) atoms. The molecule has 1 aromatic heterocycles. The second-order valence-corrected chi connectivity index (χ2v) is 9.37. The highest BCUT2D eigenvalue weighted by Crippen LogP contribution is 2.40. The van der Waals surface area contributed by atoms with Gasteiger partial charge in [-0.05, 0) is 60.4 Å². The maximum absolute atomic E-state index is 15.2. The van der Waals surface area contributed by atoms with Crippen molar-refractivity contribution in [1.82, 2.24) is 9.97 Å². The minimum atomic E-state index is -0.260. The molecule has 2 aliphatic heterocycles. The van der Waals surface area contributed by atoms with Gasteiger partial charge in [0, 0.05) is 49.7 Å². The summed E-state index contributed by atoms with van der Waals surface area (Å²) in [6, 6.07) is 13.0. The molecule has 5 rings (SSSR count). The molecule has 7 heteroatoms. The molecule has 1 fully saturated rings. The van der Waals surface area contributed by atoms with Gasteiger partial charge in [-0.2, -0.15) is 0 Å². The van der Waals surface area contributed by atoms with Crippen LogP contribution in [0.2, 0.25) is 0 Å². The van der Waals surface area contributed by atoms with Gasteiger partial charge in [0.2, 0.25) is 12.4 Å². The molecule has 0 bridgehead atoms. The summed E-state index contributed by atoms with van der Waals surface area (Å²) in [5.41, 5.74) is 3.64. The smallest absolute Gasteiger partial charge is 0.225 e. The number of anilines is 2. The summed E-state index contributed by atoms with van der Waals surface area (Å²) >= 11 is 0. The average Bonchev–Trinajstić information content (AvgIpc) is 2.92. The summed E-state index contributed by atoms with van der Waals surface area (Å²) in [5, 5.41) is 0. The van der Waals surface area contributed by atoms with Gasteiger partial charge >= 0.3 is 0 Å². The molecular weight excluding hydrogens is 443 g/mol. The molecule has 0 spiro atoms. The van der Waals surface area contributed by atoms with Crippen LogP contribution in [0.25, 0.3) is 0 Å². The van der Waals surface area contributed by atoms with Crippen molar-refractivity contribution >= 4 is 18.0 Å². The van der Waals surface area contributed by atoms with Gasteiger partial charge in [0.15, 0.2) is 0 Å². The third-order valence-corrected chi connectivity index (χ3v) is 7.24. The van der Waals surface area contributed by atoms with Crippen LogP contribution in [0.4, 0.5) is 16.0 Å². The Bertz CT molecular complexity index is 1160. The number of aryl methyl sites for hydroxylation is 1. The van der Waals surface area contributed by atoms with E-state index in [1.807, 2.05) is 48.8 Å². The fourth-order valence-electron chi connectivity index (χ4n) is 5.11. The van der Waals surface area contributed by atoms with Crippen LogP contribution in [0.1, 0.15) is 48.8 Å². The van der Waals surface area contributed by atoms with Crippen molar-refractivity contribution in [2.75, 3.05) is 36.0 Å². The molecule has 3 heterocycles. The van der Waals surface area contributed by atoms with Gasteiger partial charge in [0.25, 0.3) is 0 Å². The van der Waals surface area contributed by atoms with Gasteiger partial charge in [-0.25, -0.2) is 14.4 Å². The van der Waals surface area contributed by atoms with E-state index < -0.39 is 0 Å². The van der Waals surface area contributed by atoms with E-state index in [2.05, 4.69) is 21.8 Å². The Morgan fingerprint density at radius 3 is 2.51 bits per heavy atom. The second-order valence-electron chi connectivity index (χ2n) is 9.37. The van der Waals surface area contributed by atoms with Crippen molar-refractivity contribution in [3.8, 4) is 5.75 Å². The molecule has 0 saturated carbocycles. The molecule has 0 N–H and O–H groups in total. The number of para-hydroxylation sites is 1. The lowest BCUT2D eigenvalue weighted by atomic mass is 9.84. The summed E-state index contributed by atoms with van der Waals surface area (Å²) < 4.78 is 21.2. The maximum atomic E-state index is 15.2. The number of benzene rings is 2. The van der Waals surface area contributed by atoms with Crippen molar-refractivity contribution in [2.45, 2.75) is 38.5 Å². The number of piperidine rings is 1. The molecule has 182 valence electrons. The maximum Gasteiger partial charge on any atom is 0.225 e. The Kier molecular flexibility index (Phi) is 6.93. The van der Waals surface area contributed by atoms with Crippen molar-refractivity contribution in [2.24, 2.45) is 5.92 Å². The molecule has 1 unspecified atom stereocenters. The predicted molar refractivity (Wildman–Crippen MR) is 135 cm³/mol. The van der Waals surface area contributed by atoms with E-state index in [1.165, 1.54) is 6.07 Å². The summed E-state index contributed by atoms with van der Waals surface area (Å²) in [4.78, 5) is 24.3. The molecule has 1 saturated heterocycles. The Labute approximate surface area is 205 Å². The zero-order chi connectivity index (χ0) is 24.2. The summed E-state index contributed by atoms with van der Waals surface area (Å²) in [6.45, 7) is 5.04. The van der Waals surface area contributed by atoms with E-state index in [1.54, 1.807) is 4.90 Å². The lowest BCUT2D eigenvalue weighted by Gasteiger charge is -2.32. The van der Waals surface area contributed by atoms with Gasteiger partial charge in [0.1, 0.15) is 11.6 Å². The minimum absolute atomic E-state index is 0.0746. The number of nitrogens with zero attached hydrogens (tertiary/aromatic N) is 4. The summed E-state index contributed by atoms with van der Waals surface area (Å²) in [7, 11) is 0. The SMILES string of the molecule is CCc1cnc(N2CCC(COc3ccc(C4CCN(C=O)c5ccccc54)c(F)c3)CC2)nc1. The highest BCUT2D eigenvalue weighted by Gasteiger charge is 2.28. The van der Waals surface area contributed by atoms with Crippen LogP contribution in [0.15, 0.2) is 54.9 Å². The Morgan fingerprint density at radius 1 is 1.03 bits per heavy atom. The molecule has 1 amide bonds. The van der Waals surface area contributed by atoms with Crippen molar-refractivity contribution < 1.29 is 13.9 Å². The molecule has 0 aliphatic carbocycles. The highest BCUT2D eigenvalue weighted by molar-refractivity contribution is 5.79. The molecule has 0 radical (unpaired) electrons. The molecule has 6 nitrogen and oxygen atoms in total. The largest absolute Gasteiger partial charge is 0.493 e. The first-order valence-corrected chi connectivity index (χ1v) is 12.4. The van der Waals surface area contributed by atoms with Crippen LogP contribution in [0.3, 0.4) is 0 Å². The average molecular weight is 475 g/mol. The number of hydrogen-bond donors (Lipinski definition) is 0. The van der Waals surface area contributed by atoms with Crippen LogP contribution in [0.5, 0.6) is 5.75 Å². The van der Waals surface area contributed by atoms with Crippen molar-refractivity contribution in [3.05, 3.63) is 77.4 Å². The first-order chi connectivity index (χ1) is 17.2. The standard InChI is InChI=1S/C28H31FN4O2/c1-2-20-16-30-28(31-17-20)32-12-9-21(10-13-32)18-35-22-7-8-24(26(29)15-22)23-11-14-33(19-34)27-6-4-3-5-25(23)27/h3-8,15-17,19,21,23H,2,9-14,18H2,1H3. The van der Waals surface area contributed by atoms with E-state index in [-0.39, 0.29) is 11.7 Å². The lowest BCUT2D eigenvalue weighted by Crippen LogP contribution is -2.36. The van der Waals surface area contributed by atoms with E-state index in [9.17, 15) is 4.79 Å². The Morgan fingerprint density at radius 2 is 1.80 bits per heavy atom. The second kappa shape index (κ2) is 10.4.